The summed E-state index contributed by atoms with van der Waals surface area (Å²) in [5, 5.41) is 4.40. The molecule has 2 heterocycles. The van der Waals surface area contributed by atoms with Crippen molar-refractivity contribution in [2.24, 2.45) is 0 Å². The van der Waals surface area contributed by atoms with Crippen LogP contribution in [0.5, 0.6) is 0 Å². The Hall–Kier alpha value is -3.89. The van der Waals surface area contributed by atoms with Crippen LogP contribution in [0.2, 0.25) is 0 Å². The Bertz CT molecular complexity index is 1430. The van der Waals surface area contributed by atoms with Crippen LogP contribution in [-0.2, 0) is 0 Å². The highest BCUT2D eigenvalue weighted by Crippen LogP contribution is 2.44. The second kappa shape index (κ2) is 9.31. The van der Waals surface area contributed by atoms with E-state index in [2.05, 4.69) is 40.2 Å². The standard InChI is InChI=1S/C20H15NOS.C9H7N/c1-21-17-8-4-5-9-19(17)23-20(21)13-18(22)16-11-10-14-6-2-3-7-15(14)12-16;1-2-6-9-8(4-1)5-3-7-10-9/h2-13H,1H3;1-7H. The summed E-state index contributed by atoms with van der Waals surface area (Å²) < 4.78 is 0. The number of allylic oxidation sites excluding steroid dienone is 1. The van der Waals surface area contributed by atoms with Crippen molar-refractivity contribution in [3.8, 4) is 0 Å². The molecule has 5 aromatic rings. The van der Waals surface area contributed by atoms with Gasteiger partial charge in [-0.15, -0.1) is 0 Å². The molecular formula is C29H22N2OS. The van der Waals surface area contributed by atoms with Gasteiger partial charge in [0.25, 0.3) is 0 Å². The van der Waals surface area contributed by atoms with Crippen LogP contribution in [0.15, 0.2) is 125 Å². The third kappa shape index (κ3) is 4.52. The first-order valence-electron chi connectivity index (χ1n) is 10.7. The van der Waals surface area contributed by atoms with Gasteiger partial charge in [0.15, 0.2) is 5.78 Å². The smallest absolute Gasteiger partial charge is 0.188 e. The maximum Gasteiger partial charge on any atom is 0.188 e. The maximum atomic E-state index is 12.6. The van der Waals surface area contributed by atoms with Crippen molar-refractivity contribution in [3.05, 3.63) is 126 Å². The topological polar surface area (TPSA) is 33.2 Å². The molecule has 0 atom stereocenters. The summed E-state index contributed by atoms with van der Waals surface area (Å²) >= 11 is 1.64. The number of carbonyl (C=O) groups excluding carboxylic acids is 1. The Morgan fingerprint density at radius 1 is 0.788 bits per heavy atom. The Morgan fingerprint density at radius 3 is 2.30 bits per heavy atom. The van der Waals surface area contributed by atoms with E-state index in [-0.39, 0.29) is 5.78 Å². The zero-order valence-electron chi connectivity index (χ0n) is 18.2. The molecule has 0 saturated heterocycles. The fourth-order valence-corrected chi connectivity index (χ4v) is 4.88. The molecule has 4 aromatic carbocycles. The highest BCUT2D eigenvalue weighted by Gasteiger charge is 2.22. The molecule has 160 valence electrons. The van der Waals surface area contributed by atoms with Crippen molar-refractivity contribution in [1.82, 2.24) is 4.98 Å². The normalized spacial score (nSPS) is 13.6. The lowest BCUT2D eigenvalue weighted by Crippen LogP contribution is -2.11. The lowest BCUT2D eigenvalue weighted by molar-refractivity contribution is 0.104. The number of para-hydroxylation sites is 2. The molecule has 3 nitrogen and oxygen atoms in total. The molecule has 1 aliphatic heterocycles. The molecule has 0 saturated carbocycles. The monoisotopic (exact) mass is 446 g/mol. The first kappa shape index (κ1) is 21.0. The number of nitrogens with zero attached hydrogens (tertiary/aromatic N) is 2. The molecule has 0 unspecified atom stereocenters. The van der Waals surface area contributed by atoms with E-state index in [0.717, 1.165) is 32.6 Å². The highest BCUT2D eigenvalue weighted by molar-refractivity contribution is 8.03. The number of thioether (sulfide) groups is 1. The van der Waals surface area contributed by atoms with Crippen LogP contribution in [0.3, 0.4) is 0 Å². The van der Waals surface area contributed by atoms with Gasteiger partial charge in [-0.3, -0.25) is 9.78 Å². The largest absolute Gasteiger partial charge is 0.338 e. The second-order valence-corrected chi connectivity index (χ2v) is 8.80. The van der Waals surface area contributed by atoms with Crippen LogP contribution in [0, 0.1) is 0 Å². The fourth-order valence-electron chi connectivity index (χ4n) is 3.80. The van der Waals surface area contributed by atoms with Crippen molar-refractivity contribution >= 4 is 44.9 Å². The van der Waals surface area contributed by atoms with Gasteiger partial charge in [0.2, 0.25) is 0 Å². The molecule has 0 bridgehead atoms. The number of aromatic nitrogens is 1. The van der Waals surface area contributed by atoms with Gasteiger partial charge in [-0.1, -0.05) is 84.6 Å². The zero-order valence-corrected chi connectivity index (χ0v) is 19.0. The molecule has 0 spiro atoms. The van der Waals surface area contributed by atoms with E-state index >= 15 is 0 Å². The highest BCUT2D eigenvalue weighted by atomic mass is 32.2. The number of ketones is 1. The van der Waals surface area contributed by atoms with Gasteiger partial charge < -0.3 is 4.90 Å². The van der Waals surface area contributed by atoms with Gasteiger partial charge in [-0.2, -0.15) is 0 Å². The molecule has 0 fully saturated rings. The summed E-state index contributed by atoms with van der Waals surface area (Å²) in [5.74, 6) is 0.0397. The molecule has 4 heteroatoms. The SMILES string of the molecule is CN1C(=CC(=O)c2ccc3ccccc3c2)Sc2ccccc21.c1ccc2ncccc2c1. The minimum Gasteiger partial charge on any atom is -0.338 e. The van der Waals surface area contributed by atoms with Crippen LogP contribution in [0.1, 0.15) is 10.4 Å². The van der Waals surface area contributed by atoms with Gasteiger partial charge in [0.1, 0.15) is 0 Å². The van der Waals surface area contributed by atoms with Gasteiger partial charge >= 0.3 is 0 Å². The predicted molar refractivity (Wildman–Crippen MR) is 139 cm³/mol. The van der Waals surface area contributed by atoms with E-state index in [4.69, 9.17) is 0 Å². The number of anilines is 1. The van der Waals surface area contributed by atoms with Gasteiger partial charge in [0.05, 0.1) is 16.2 Å². The lowest BCUT2D eigenvalue weighted by Gasteiger charge is -2.13. The minimum atomic E-state index is 0.0397. The Labute approximate surface area is 197 Å². The Morgan fingerprint density at radius 2 is 1.48 bits per heavy atom. The summed E-state index contributed by atoms with van der Waals surface area (Å²) in [5.41, 5.74) is 2.93. The van der Waals surface area contributed by atoms with Crippen LogP contribution < -0.4 is 4.90 Å². The molecule has 0 N–H and O–H groups in total. The lowest BCUT2D eigenvalue weighted by atomic mass is 10.0. The van der Waals surface area contributed by atoms with Crippen molar-refractivity contribution in [2.75, 3.05) is 11.9 Å². The molecule has 1 aliphatic rings. The first-order valence-corrected chi connectivity index (χ1v) is 11.6. The predicted octanol–water partition coefficient (Wildman–Crippen LogP) is 7.34. The van der Waals surface area contributed by atoms with E-state index < -0.39 is 0 Å². The summed E-state index contributed by atoms with van der Waals surface area (Å²) in [4.78, 5) is 20.1. The van der Waals surface area contributed by atoms with Gasteiger partial charge in [0, 0.05) is 35.2 Å². The molecule has 1 aromatic heterocycles. The van der Waals surface area contributed by atoms with E-state index in [0.29, 0.717) is 0 Å². The average Bonchev–Trinajstić information content (AvgIpc) is 3.19. The zero-order chi connectivity index (χ0) is 22.6. The second-order valence-electron chi connectivity index (χ2n) is 7.73. The van der Waals surface area contributed by atoms with E-state index in [1.165, 1.54) is 10.3 Å². The van der Waals surface area contributed by atoms with Crippen LogP contribution in [0.4, 0.5) is 5.69 Å². The average molecular weight is 447 g/mol. The number of carbonyl (C=O) groups is 1. The van der Waals surface area contributed by atoms with Gasteiger partial charge in [-0.25, -0.2) is 0 Å². The Kier molecular flexibility index (Phi) is 5.92. The minimum absolute atomic E-state index is 0.0397. The summed E-state index contributed by atoms with van der Waals surface area (Å²) in [6.45, 7) is 0. The van der Waals surface area contributed by atoms with E-state index in [9.17, 15) is 4.79 Å². The molecule has 0 aliphatic carbocycles. The van der Waals surface area contributed by atoms with E-state index in [1.807, 2.05) is 86.0 Å². The number of fused-ring (bicyclic) bond motifs is 3. The Balaban J connectivity index is 0.000000190. The molecule has 33 heavy (non-hydrogen) atoms. The summed E-state index contributed by atoms with van der Waals surface area (Å²) in [6, 6.07) is 34.2. The van der Waals surface area contributed by atoms with Crippen molar-refractivity contribution < 1.29 is 4.79 Å². The third-order valence-electron chi connectivity index (χ3n) is 5.57. The van der Waals surface area contributed by atoms with Crippen LogP contribution in [0.25, 0.3) is 21.7 Å². The number of benzene rings is 4. The maximum absolute atomic E-state index is 12.6. The number of hydrogen-bond donors (Lipinski definition) is 0. The van der Waals surface area contributed by atoms with Gasteiger partial charge in [-0.05, 0) is 41.1 Å². The number of hydrogen-bond acceptors (Lipinski definition) is 4. The molecular weight excluding hydrogens is 424 g/mol. The quantitative estimate of drug-likeness (QED) is 0.210. The first-order chi connectivity index (χ1) is 16.2. The van der Waals surface area contributed by atoms with Crippen molar-refractivity contribution in [3.63, 3.8) is 0 Å². The molecule has 0 radical (unpaired) electrons. The fraction of sp³-hybridized carbons (Fsp3) is 0.0345. The summed E-state index contributed by atoms with van der Waals surface area (Å²) in [6.07, 6.45) is 3.54. The molecule has 0 amide bonds. The van der Waals surface area contributed by atoms with E-state index in [1.54, 1.807) is 17.8 Å². The van der Waals surface area contributed by atoms with Crippen molar-refractivity contribution in [1.29, 1.82) is 0 Å². The number of pyridine rings is 1. The summed E-state index contributed by atoms with van der Waals surface area (Å²) in [7, 11) is 2.00. The third-order valence-corrected chi connectivity index (χ3v) is 6.74. The van der Waals surface area contributed by atoms with Crippen LogP contribution in [-0.4, -0.2) is 17.8 Å². The van der Waals surface area contributed by atoms with Crippen molar-refractivity contribution in [2.45, 2.75) is 4.90 Å². The number of rotatable bonds is 2. The molecule has 6 rings (SSSR count). The van der Waals surface area contributed by atoms with Crippen LogP contribution >= 0.6 is 11.8 Å².